The molecule has 0 atom stereocenters. The standard InChI is InChI=1S/C10H12N4O2S2/c1-12-18(15,16)9-6-7(11)2-3-8(9)17-10-13-4-5-14-10/h2-6,12H,11H2,1H3,(H,13,14). The van der Waals surface area contributed by atoms with Crippen LogP contribution in [0.3, 0.4) is 0 Å². The Hall–Kier alpha value is -1.51. The SMILES string of the molecule is CNS(=O)(=O)c1cc(N)ccc1Sc1ncc[nH]1. The average molecular weight is 284 g/mol. The summed E-state index contributed by atoms with van der Waals surface area (Å²) in [5.41, 5.74) is 6.02. The first-order chi connectivity index (χ1) is 8.53. The molecule has 0 unspecified atom stereocenters. The topological polar surface area (TPSA) is 101 Å². The number of hydrogen-bond donors (Lipinski definition) is 3. The summed E-state index contributed by atoms with van der Waals surface area (Å²) in [6.45, 7) is 0. The third-order valence-corrected chi connectivity index (χ3v) is 4.78. The van der Waals surface area contributed by atoms with Crippen molar-refractivity contribution in [1.29, 1.82) is 0 Å². The number of anilines is 1. The molecule has 0 bridgehead atoms. The van der Waals surface area contributed by atoms with Crippen LogP contribution in [-0.4, -0.2) is 25.4 Å². The Kier molecular flexibility index (Phi) is 3.60. The minimum atomic E-state index is -3.55. The van der Waals surface area contributed by atoms with E-state index in [0.717, 1.165) is 0 Å². The van der Waals surface area contributed by atoms with Crippen LogP contribution >= 0.6 is 11.8 Å². The second-order valence-corrected chi connectivity index (χ2v) is 6.30. The van der Waals surface area contributed by atoms with E-state index in [-0.39, 0.29) is 4.90 Å². The molecular formula is C10H12N4O2S2. The van der Waals surface area contributed by atoms with Gasteiger partial charge in [-0.2, -0.15) is 0 Å². The molecule has 4 N–H and O–H groups in total. The highest BCUT2D eigenvalue weighted by atomic mass is 32.2. The van der Waals surface area contributed by atoms with Crippen LogP contribution in [0.25, 0.3) is 0 Å². The van der Waals surface area contributed by atoms with Gasteiger partial charge < -0.3 is 10.7 Å². The minimum Gasteiger partial charge on any atom is -0.399 e. The number of nitrogens with one attached hydrogen (secondary N) is 2. The smallest absolute Gasteiger partial charge is 0.241 e. The van der Waals surface area contributed by atoms with Crippen molar-refractivity contribution in [2.24, 2.45) is 0 Å². The Balaban J connectivity index is 2.47. The average Bonchev–Trinajstić information content (AvgIpc) is 2.84. The maximum atomic E-state index is 11.9. The molecule has 0 saturated heterocycles. The highest BCUT2D eigenvalue weighted by Gasteiger charge is 2.18. The fraction of sp³-hybridized carbons (Fsp3) is 0.100. The van der Waals surface area contributed by atoms with Gasteiger partial charge in [0.05, 0.1) is 4.90 Å². The molecule has 0 saturated carbocycles. The molecule has 1 heterocycles. The molecule has 18 heavy (non-hydrogen) atoms. The van der Waals surface area contributed by atoms with E-state index in [1.165, 1.54) is 24.9 Å². The number of aromatic nitrogens is 2. The monoisotopic (exact) mass is 284 g/mol. The van der Waals surface area contributed by atoms with E-state index in [4.69, 9.17) is 5.73 Å². The molecule has 0 aliphatic rings. The zero-order chi connectivity index (χ0) is 13.2. The number of H-pyrrole nitrogens is 1. The lowest BCUT2D eigenvalue weighted by molar-refractivity contribution is 0.586. The van der Waals surface area contributed by atoms with Gasteiger partial charge in [0.15, 0.2) is 5.16 Å². The van der Waals surface area contributed by atoms with Gasteiger partial charge in [-0.3, -0.25) is 0 Å². The first-order valence-electron chi connectivity index (χ1n) is 5.03. The maximum Gasteiger partial charge on any atom is 0.241 e. The Morgan fingerprint density at radius 1 is 1.44 bits per heavy atom. The predicted molar refractivity (Wildman–Crippen MR) is 69.8 cm³/mol. The number of aromatic amines is 1. The normalized spacial score (nSPS) is 11.6. The van der Waals surface area contributed by atoms with Gasteiger partial charge in [0.25, 0.3) is 0 Å². The third-order valence-electron chi connectivity index (χ3n) is 2.21. The number of imidazole rings is 1. The zero-order valence-corrected chi connectivity index (χ0v) is 11.2. The van der Waals surface area contributed by atoms with Crippen LogP contribution in [0.2, 0.25) is 0 Å². The Labute approximate surface area is 109 Å². The lowest BCUT2D eigenvalue weighted by atomic mass is 10.3. The van der Waals surface area contributed by atoms with E-state index in [9.17, 15) is 8.42 Å². The van der Waals surface area contributed by atoms with Crippen LogP contribution < -0.4 is 10.5 Å². The summed E-state index contributed by atoms with van der Waals surface area (Å²) < 4.78 is 26.1. The molecule has 0 aliphatic carbocycles. The van der Waals surface area contributed by atoms with E-state index >= 15 is 0 Å². The summed E-state index contributed by atoms with van der Waals surface area (Å²) in [6.07, 6.45) is 3.28. The Morgan fingerprint density at radius 2 is 2.22 bits per heavy atom. The van der Waals surface area contributed by atoms with Crippen LogP contribution in [0.5, 0.6) is 0 Å². The number of hydrogen-bond acceptors (Lipinski definition) is 5. The largest absolute Gasteiger partial charge is 0.399 e. The zero-order valence-electron chi connectivity index (χ0n) is 9.54. The van der Waals surface area contributed by atoms with Gasteiger partial charge in [0.1, 0.15) is 0 Å². The van der Waals surface area contributed by atoms with Gasteiger partial charge in [-0.1, -0.05) is 11.8 Å². The molecule has 1 aromatic carbocycles. The molecule has 0 radical (unpaired) electrons. The number of nitrogens with zero attached hydrogens (tertiary/aromatic N) is 1. The minimum absolute atomic E-state index is 0.145. The predicted octanol–water partition coefficient (Wildman–Crippen LogP) is 1.05. The fourth-order valence-corrected chi connectivity index (χ4v) is 3.38. The summed E-state index contributed by atoms with van der Waals surface area (Å²) in [6, 6.07) is 4.74. The summed E-state index contributed by atoms with van der Waals surface area (Å²) in [7, 11) is -2.19. The van der Waals surface area contributed by atoms with Crippen molar-refractivity contribution in [1.82, 2.24) is 14.7 Å². The van der Waals surface area contributed by atoms with Gasteiger partial charge in [0, 0.05) is 23.0 Å². The second kappa shape index (κ2) is 5.01. The van der Waals surface area contributed by atoms with Gasteiger partial charge in [0.2, 0.25) is 10.0 Å². The lowest BCUT2D eigenvalue weighted by Gasteiger charge is -2.09. The van der Waals surface area contributed by atoms with Crippen molar-refractivity contribution in [3.63, 3.8) is 0 Å². The van der Waals surface area contributed by atoms with Crippen molar-refractivity contribution in [3.05, 3.63) is 30.6 Å². The highest BCUT2D eigenvalue weighted by molar-refractivity contribution is 8.00. The molecule has 0 spiro atoms. The molecule has 6 nitrogen and oxygen atoms in total. The van der Waals surface area contributed by atoms with Gasteiger partial charge >= 0.3 is 0 Å². The second-order valence-electron chi connectivity index (χ2n) is 3.41. The first-order valence-corrected chi connectivity index (χ1v) is 7.33. The molecule has 1 aromatic heterocycles. The van der Waals surface area contributed by atoms with Gasteiger partial charge in [-0.05, 0) is 25.2 Å². The van der Waals surface area contributed by atoms with E-state index in [1.54, 1.807) is 24.5 Å². The third kappa shape index (κ3) is 2.66. The maximum absolute atomic E-state index is 11.9. The van der Waals surface area contributed by atoms with E-state index in [1.807, 2.05) is 0 Å². The highest BCUT2D eigenvalue weighted by Crippen LogP contribution is 2.31. The Morgan fingerprint density at radius 3 is 2.83 bits per heavy atom. The summed E-state index contributed by atoms with van der Waals surface area (Å²) in [4.78, 5) is 7.65. The van der Waals surface area contributed by atoms with Crippen molar-refractivity contribution in [2.75, 3.05) is 12.8 Å². The molecule has 2 rings (SSSR count). The number of benzene rings is 1. The van der Waals surface area contributed by atoms with Crippen molar-refractivity contribution < 1.29 is 8.42 Å². The number of rotatable bonds is 4. The number of nitrogen functional groups attached to an aromatic ring is 1. The summed E-state index contributed by atoms with van der Waals surface area (Å²) >= 11 is 1.23. The Bertz CT molecular complexity index is 638. The molecule has 0 amide bonds. The van der Waals surface area contributed by atoms with Crippen LogP contribution in [0, 0.1) is 0 Å². The van der Waals surface area contributed by atoms with Crippen LogP contribution in [0.4, 0.5) is 5.69 Å². The van der Waals surface area contributed by atoms with E-state index in [0.29, 0.717) is 15.7 Å². The van der Waals surface area contributed by atoms with Crippen molar-refractivity contribution >= 4 is 27.5 Å². The van der Waals surface area contributed by atoms with E-state index < -0.39 is 10.0 Å². The van der Waals surface area contributed by atoms with E-state index in [2.05, 4.69) is 14.7 Å². The van der Waals surface area contributed by atoms with Crippen LogP contribution in [-0.2, 0) is 10.0 Å². The summed E-state index contributed by atoms with van der Waals surface area (Å²) in [5.74, 6) is 0. The van der Waals surface area contributed by atoms with Gasteiger partial charge in [-0.25, -0.2) is 18.1 Å². The van der Waals surface area contributed by atoms with Gasteiger partial charge in [-0.15, -0.1) is 0 Å². The number of nitrogens with two attached hydrogens (primary N) is 1. The molecule has 96 valence electrons. The molecule has 0 aliphatic heterocycles. The van der Waals surface area contributed by atoms with Crippen LogP contribution in [0.1, 0.15) is 0 Å². The van der Waals surface area contributed by atoms with Crippen LogP contribution in [0.15, 0.2) is 45.5 Å². The molecule has 0 fully saturated rings. The first kappa shape index (κ1) is 12.9. The van der Waals surface area contributed by atoms with Crippen molar-refractivity contribution in [3.8, 4) is 0 Å². The molecular weight excluding hydrogens is 272 g/mol. The summed E-state index contributed by atoms with van der Waals surface area (Å²) in [5, 5.41) is 0.618. The molecule has 2 aromatic rings. The number of sulfonamides is 1. The quantitative estimate of drug-likeness (QED) is 0.729. The fourth-order valence-electron chi connectivity index (χ4n) is 1.34. The van der Waals surface area contributed by atoms with Crippen molar-refractivity contribution in [2.45, 2.75) is 14.9 Å². The lowest BCUT2D eigenvalue weighted by Crippen LogP contribution is -2.19. The molecule has 8 heteroatoms.